The topological polar surface area (TPSA) is 55.8 Å². The van der Waals surface area contributed by atoms with E-state index >= 15 is 0 Å². The van der Waals surface area contributed by atoms with Gasteiger partial charge < -0.3 is 14.4 Å². The molecule has 0 saturated carbocycles. The summed E-state index contributed by atoms with van der Waals surface area (Å²) < 4.78 is 10.1. The quantitative estimate of drug-likeness (QED) is 0.527. The molecule has 1 aromatic rings. The number of carbonyl (C=O) groups excluding carboxylic acids is 2. The van der Waals surface area contributed by atoms with E-state index in [1.165, 1.54) is 6.07 Å². The molecule has 0 atom stereocenters. The van der Waals surface area contributed by atoms with Crippen molar-refractivity contribution in [3.05, 3.63) is 40.4 Å². The highest BCUT2D eigenvalue weighted by Crippen LogP contribution is 2.27. The molecule has 0 spiro atoms. The van der Waals surface area contributed by atoms with Crippen LogP contribution in [-0.2, 0) is 14.3 Å². The SMILES string of the molecule is C=C(C)CN(CC)C(=O)COC(=O)COc1ccc(Cl)cc1Cl. The monoisotopic (exact) mass is 359 g/mol. The smallest absolute Gasteiger partial charge is 0.344 e. The third kappa shape index (κ3) is 6.93. The van der Waals surface area contributed by atoms with Crippen LogP contribution in [0.2, 0.25) is 10.0 Å². The summed E-state index contributed by atoms with van der Waals surface area (Å²) in [6.07, 6.45) is 0. The minimum atomic E-state index is -0.657. The summed E-state index contributed by atoms with van der Waals surface area (Å²) in [7, 11) is 0. The fraction of sp³-hybridized carbons (Fsp3) is 0.375. The van der Waals surface area contributed by atoms with Gasteiger partial charge in [0.25, 0.3) is 5.91 Å². The predicted octanol–water partition coefficient (Wildman–Crippen LogP) is 3.34. The van der Waals surface area contributed by atoms with Crippen molar-refractivity contribution in [1.29, 1.82) is 0 Å². The lowest BCUT2D eigenvalue weighted by atomic mass is 10.3. The number of hydrogen-bond acceptors (Lipinski definition) is 4. The number of esters is 1. The zero-order valence-corrected chi connectivity index (χ0v) is 14.6. The van der Waals surface area contributed by atoms with Crippen molar-refractivity contribution >= 4 is 35.1 Å². The van der Waals surface area contributed by atoms with Crippen LogP contribution in [0.5, 0.6) is 5.75 Å². The van der Waals surface area contributed by atoms with Crippen molar-refractivity contribution < 1.29 is 19.1 Å². The maximum absolute atomic E-state index is 11.9. The standard InChI is InChI=1S/C16H19Cl2NO4/c1-4-19(8-11(2)3)15(20)9-23-16(21)10-22-14-6-5-12(17)7-13(14)18/h5-7H,2,4,8-10H2,1,3H3. The molecule has 0 bridgehead atoms. The Kier molecular flexibility index (Phi) is 7.92. The molecule has 126 valence electrons. The van der Waals surface area contributed by atoms with Crippen molar-refractivity contribution in [2.24, 2.45) is 0 Å². The third-order valence-corrected chi connectivity index (χ3v) is 3.32. The van der Waals surface area contributed by atoms with E-state index in [4.69, 9.17) is 32.7 Å². The molecular weight excluding hydrogens is 341 g/mol. The number of rotatable bonds is 8. The van der Waals surface area contributed by atoms with E-state index in [-0.39, 0.29) is 19.1 Å². The lowest BCUT2D eigenvalue weighted by molar-refractivity contribution is -0.153. The van der Waals surface area contributed by atoms with Crippen LogP contribution in [0.15, 0.2) is 30.4 Å². The second-order valence-electron chi connectivity index (χ2n) is 4.89. The van der Waals surface area contributed by atoms with Crippen molar-refractivity contribution in [2.45, 2.75) is 13.8 Å². The van der Waals surface area contributed by atoms with E-state index in [1.807, 2.05) is 13.8 Å². The molecule has 23 heavy (non-hydrogen) atoms. The number of benzene rings is 1. The van der Waals surface area contributed by atoms with Gasteiger partial charge in [0.1, 0.15) is 5.75 Å². The molecule has 1 aromatic carbocycles. The summed E-state index contributed by atoms with van der Waals surface area (Å²) in [6.45, 7) is 7.69. The lowest BCUT2D eigenvalue weighted by Gasteiger charge is -2.20. The van der Waals surface area contributed by atoms with Gasteiger partial charge in [0.2, 0.25) is 0 Å². The highest BCUT2D eigenvalue weighted by atomic mass is 35.5. The molecule has 0 aliphatic carbocycles. The molecule has 1 amide bonds. The van der Waals surface area contributed by atoms with Gasteiger partial charge in [-0.2, -0.15) is 0 Å². The summed E-state index contributed by atoms with van der Waals surface area (Å²) in [6, 6.07) is 4.65. The Bertz CT molecular complexity index is 589. The van der Waals surface area contributed by atoms with E-state index in [2.05, 4.69) is 6.58 Å². The second kappa shape index (κ2) is 9.43. The number of amides is 1. The molecule has 0 N–H and O–H groups in total. The number of hydrogen-bond donors (Lipinski definition) is 0. The van der Waals surface area contributed by atoms with Crippen LogP contribution in [0.4, 0.5) is 0 Å². The van der Waals surface area contributed by atoms with Gasteiger partial charge in [-0.15, -0.1) is 0 Å². The van der Waals surface area contributed by atoms with Gasteiger partial charge in [0.05, 0.1) is 5.02 Å². The molecule has 0 aliphatic rings. The average molecular weight is 360 g/mol. The Balaban J connectivity index is 2.41. The zero-order valence-electron chi connectivity index (χ0n) is 13.1. The summed E-state index contributed by atoms with van der Waals surface area (Å²) in [5.74, 6) is -0.624. The molecule has 0 heterocycles. The molecular formula is C16H19Cl2NO4. The van der Waals surface area contributed by atoms with Crippen LogP contribution in [0.3, 0.4) is 0 Å². The fourth-order valence-corrected chi connectivity index (χ4v) is 2.17. The van der Waals surface area contributed by atoms with E-state index in [0.717, 1.165) is 5.57 Å². The summed E-state index contributed by atoms with van der Waals surface area (Å²) >= 11 is 11.7. The summed E-state index contributed by atoms with van der Waals surface area (Å²) in [4.78, 5) is 25.1. The van der Waals surface area contributed by atoms with Crippen molar-refractivity contribution in [3.63, 3.8) is 0 Å². The molecule has 0 radical (unpaired) electrons. The first-order valence-corrected chi connectivity index (χ1v) is 7.74. The Morgan fingerprint density at radius 1 is 1.26 bits per heavy atom. The molecule has 5 nitrogen and oxygen atoms in total. The van der Waals surface area contributed by atoms with E-state index in [1.54, 1.807) is 17.0 Å². The Hall–Kier alpha value is -1.72. The van der Waals surface area contributed by atoms with Crippen molar-refractivity contribution in [1.82, 2.24) is 4.90 Å². The normalized spacial score (nSPS) is 10.1. The highest BCUT2D eigenvalue weighted by molar-refractivity contribution is 6.35. The lowest BCUT2D eigenvalue weighted by Crippen LogP contribution is -2.36. The van der Waals surface area contributed by atoms with Gasteiger partial charge in [-0.3, -0.25) is 4.79 Å². The Labute approximate surface area is 145 Å². The Morgan fingerprint density at radius 2 is 1.96 bits per heavy atom. The largest absolute Gasteiger partial charge is 0.480 e. The van der Waals surface area contributed by atoms with E-state index in [9.17, 15) is 9.59 Å². The van der Waals surface area contributed by atoms with Crippen LogP contribution < -0.4 is 4.74 Å². The summed E-state index contributed by atoms with van der Waals surface area (Å²) in [5, 5.41) is 0.757. The predicted molar refractivity (Wildman–Crippen MR) is 90.0 cm³/mol. The third-order valence-electron chi connectivity index (χ3n) is 2.79. The van der Waals surface area contributed by atoms with E-state index < -0.39 is 5.97 Å². The van der Waals surface area contributed by atoms with Gasteiger partial charge in [-0.05, 0) is 32.0 Å². The second-order valence-corrected chi connectivity index (χ2v) is 5.73. The Morgan fingerprint density at radius 3 is 2.52 bits per heavy atom. The number of likely N-dealkylation sites (N-methyl/N-ethyl adjacent to an activating group) is 1. The van der Waals surface area contributed by atoms with Crippen LogP contribution >= 0.6 is 23.2 Å². The van der Waals surface area contributed by atoms with Crippen LogP contribution in [0, 0.1) is 0 Å². The number of halogens is 2. The molecule has 0 unspecified atom stereocenters. The minimum Gasteiger partial charge on any atom is -0.480 e. The van der Waals surface area contributed by atoms with Gasteiger partial charge in [0, 0.05) is 18.1 Å². The van der Waals surface area contributed by atoms with Crippen molar-refractivity contribution in [3.8, 4) is 5.75 Å². The molecule has 0 aliphatic heterocycles. The van der Waals surface area contributed by atoms with Crippen molar-refractivity contribution in [2.75, 3.05) is 26.3 Å². The van der Waals surface area contributed by atoms with E-state index in [0.29, 0.717) is 28.9 Å². The minimum absolute atomic E-state index is 0.284. The van der Waals surface area contributed by atoms with Gasteiger partial charge >= 0.3 is 5.97 Å². The zero-order chi connectivity index (χ0) is 17.4. The van der Waals surface area contributed by atoms with Crippen LogP contribution in [0.25, 0.3) is 0 Å². The average Bonchev–Trinajstić information content (AvgIpc) is 2.49. The molecule has 7 heteroatoms. The number of ether oxygens (including phenoxy) is 2. The molecule has 0 aromatic heterocycles. The summed E-state index contributed by atoms with van der Waals surface area (Å²) in [5.41, 5.74) is 0.854. The first kappa shape index (κ1) is 19.3. The first-order chi connectivity index (χ1) is 10.8. The van der Waals surface area contributed by atoms with Crippen LogP contribution in [-0.4, -0.2) is 43.1 Å². The van der Waals surface area contributed by atoms with Gasteiger partial charge in [-0.1, -0.05) is 35.4 Å². The maximum atomic E-state index is 11.9. The molecule has 1 rings (SSSR count). The van der Waals surface area contributed by atoms with Crippen LogP contribution in [0.1, 0.15) is 13.8 Å². The van der Waals surface area contributed by atoms with Gasteiger partial charge in [-0.25, -0.2) is 4.79 Å². The molecule has 0 saturated heterocycles. The first-order valence-electron chi connectivity index (χ1n) is 6.99. The fourth-order valence-electron chi connectivity index (χ4n) is 1.71. The number of nitrogens with zero attached hydrogens (tertiary/aromatic N) is 1. The highest BCUT2D eigenvalue weighted by Gasteiger charge is 2.15. The molecule has 0 fully saturated rings. The van der Waals surface area contributed by atoms with Gasteiger partial charge in [0.15, 0.2) is 13.2 Å². The maximum Gasteiger partial charge on any atom is 0.344 e. The number of carbonyl (C=O) groups is 2.